The molecule has 1 N–H and O–H groups in total. The van der Waals surface area contributed by atoms with Crippen molar-refractivity contribution in [2.45, 2.75) is 71.4 Å². The number of likely N-dealkylation sites (N-methyl/N-ethyl adjacent to an activating group) is 1. The summed E-state index contributed by atoms with van der Waals surface area (Å²) in [6.07, 6.45) is 11.1. The molecule has 1 unspecified atom stereocenters. The Morgan fingerprint density at radius 2 is 2.10 bits per heavy atom. The lowest BCUT2D eigenvalue weighted by Gasteiger charge is -2.18. The predicted molar refractivity (Wildman–Crippen MR) is 82.6 cm³/mol. The van der Waals surface area contributed by atoms with Gasteiger partial charge in [0.05, 0.1) is 0 Å². The van der Waals surface area contributed by atoms with Gasteiger partial charge in [-0.3, -0.25) is 0 Å². The topological polar surface area (TPSA) is 42.7 Å². The first-order valence-electron chi connectivity index (χ1n) is 8.23. The summed E-state index contributed by atoms with van der Waals surface area (Å²) in [5, 5.41) is 7.82. The molecule has 4 nitrogen and oxygen atoms in total. The molecule has 2 rings (SSSR count). The number of hydrogen-bond acceptors (Lipinski definition) is 3. The van der Waals surface area contributed by atoms with E-state index in [2.05, 4.69) is 41.0 Å². The Morgan fingerprint density at radius 1 is 1.35 bits per heavy atom. The lowest BCUT2D eigenvalue weighted by molar-refractivity contribution is 0.400. The zero-order chi connectivity index (χ0) is 14.4. The molecule has 0 saturated heterocycles. The van der Waals surface area contributed by atoms with Gasteiger partial charge in [0.15, 0.2) is 0 Å². The third-order valence-corrected chi connectivity index (χ3v) is 4.47. The van der Waals surface area contributed by atoms with Crippen LogP contribution in [-0.4, -0.2) is 27.9 Å². The predicted octanol–water partition coefficient (Wildman–Crippen LogP) is 3.04. The first-order chi connectivity index (χ1) is 9.69. The third-order valence-electron chi connectivity index (χ3n) is 4.47. The van der Waals surface area contributed by atoms with Gasteiger partial charge in [0.2, 0.25) is 0 Å². The lowest BCUT2D eigenvalue weighted by Crippen LogP contribution is -2.29. The van der Waals surface area contributed by atoms with E-state index < -0.39 is 0 Å². The van der Waals surface area contributed by atoms with E-state index in [-0.39, 0.29) is 0 Å². The highest BCUT2D eigenvalue weighted by Gasteiger charge is 2.18. The number of aromatic nitrogens is 3. The Morgan fingerprint density at radius 3 is 2.75 bits per heavy atom. The summed E-state index contributed by atoms with van der Waals surface area (Å²) in [5.74, 6) is 2.71. The van der Waals surface area contributed by atoms with Crippen molar-refractivity contribution in [3.05, 3.63) is 12.2 Å². The molecule has 0 aliphatic heterocycles. The highest BCUT2D eigenvalue weighted by molar-refractivity contribution is 4.90. The van der Waals surface area contributed by atoms with Gasteiger partial charge in [0.25, 0.3) is 0 Å². The van der Waals surface area contributed by atoms with Crippen molar-refractivity contribution in [2.75, 3.05) is 7.05 Å². The maximum absolute atomic E-state index is 4.45. The quantitative estimate of drug-likeness (QED) is 0.795. The van der Waals surface area contributed by atoms with Crippen molar-refractivity contribution in [3.8, 4) is 0 Å². The summed E-state index contributed by atoms with van der Waals surface area (Å²) in [5.41, 5.74) is 0. The average Bonchev–Trinajstić information content (AvgIpc) is 3.06. The van der Waals surface area contributed by atoms with Crippen LogP contribution in [-0.2, 0) is 13.0 Å². The first kappa shape index (κ1) is 15.5. The Labute approximate surface area is 123 Å². The molecule has 114 valence electrons. The Bertz CT molecular complexity index is 380. The molecule has 0 radical (unpaired) electrons. The standard InChI is InChI=1S/C16H30N4/c1-13(2)11-20-16(18-12-19-20)10-15(17-3)9-8-14-6-4-5-7-14/h12-15,17H,4-11H2,1-3H3. The highest BCUT2D eigenvalue weighted by Crippen LogP contribution is 2.29. The van der Waals surface area contributed by atoms with E-state index in [9.17, 15) is 0 Å². The fourth-order valence-electron chi connectivity index (χ4n) is 3.25. The molecule has 1 fully saturated rings. The summed E-state index contributed by atoms with van der Waals surface area (Å²) < 4.78 is 2.07. The molecular weight excluding hydrogens is 248 g/mol. The molecule has 0 aromatic carbocycles. The van der Waals surface area contributed by atoms with E-state index in [1.54, 1.807) is 6.33 Å². The monoisotopic (exact) mass is 278 g/mol. The molecule has 1 aliphatic rings. The van der Waals surface area contributed by atoms with E-state index in [4.69, 9.17) is 0 Å². The fraction of sp³-hybridized carbons (Fsp3) is 0.875. The molecule has 20 heavy (non-hydrogen) atoms. The van der Waals surface area contributed by atoms with Crippen LogP contribution < -0.4 is 5.32 Å². The number of nitrogens with zero attached hydrogens (tertiary/aromatic N) is 3. The molecule has 4 heteroatoms. The van der Waals surface area contributed by atoms with E-state index in [0.29, 0.717) is 12.0 Å². The lowest BCUT2D eigenvalue weighted by atomic mass is 9.97. The third kappa shape index (κ3) is 4.58. The molecule has 1 aromatic rings. The van der Waals surface area contributed by atoms with Gasteiger partial charge in [0.1, 0.15) is 12.2 Å². The second-order valence-corrected chi connectivity index (χ2v) is 6.67. The van der Waals surface area contributed by atoms with Gasteiger partial charge in [-0.15, -0.1) is 0 Å². The fourth-order valence-corrected chi connectivity index (χ4v) is 3.25. The smallest absolute Gasteiger partial charge is 0.138 e. The van der Waals surface area contributed by atoms with E-state index in [0.717, 1.165) is 24.7 Å². The normalized spacial score (nSPS) is 18.0. The molecule has 1 aromatic heterocycles. The van der Waals surface area contributed by atoms with Crippen LogP contribution in [0, 0.1) is 11.8 Å². The van der Waals surface area contributed by atoms with Crippen molar-refractivity contribution >= 4 is 0 Å². The molecule has 0 spiro atoms. The van der Waals surface area contributed by atoms with Crippen molar-refractivity contribution in [3.63, 3.8) is 0 Å². The second-order valence-electron chi connectivity index (χ2n) is 6.67. The van der Waals surface area contributed by atoms with Gasteiger partial charge in [-0.2, -0.15) is 5.10 Å². The largest absolute Gasteiger partial charge is 0.317 e. The van der Waals surface area contributed by atoms with Crippen LogP contribution in [0.3, 0.4) is 0 Å². The van der Waals surface area contributed by atoms with Crippen molar-refractivity contribution in [1.82, 2.24) is 20.1 Å². The first-order valence-corrected chi connectivity index (χ1v) is 8.23. The van der Waals surface area contributed by atoms with Crippen molar-refractivity contribution in [2.24, 2.45) is 11.8 Å². The summed E-state index contributed by atoms with van der Waals surface area (Å²) in [7, 11) is 2.07. The second kappa shape index (κ2) is 7.77. The Kier molecular flexibility index (Phi) is 6.02. The number of nitrogens with one attached hydrogen (secondary N) is 1. The minimum atomic E-state index is 0.533. The maximum atomic E-state index is 4.45. The van der Waals surface area contributed by atoms with Crippen LogP contribution in [0.2, 0.25) is 0 Å². The molecule has 1 heterocycles. The van der Waals surface area contributed by atoms with Crippen LogP contribution in [0.4, 0.5) is 0 Å². The minimum Gasteiger partial charge on any atom is -0.317 e. The zero-order valence-electron chi connectivity index (χ0n) is 13.3. The molecule has 0 bridgehead atoms. The van der Waals surface area contributed by atoms with E-state index in [1.807, 2.05) is 0 Å². The SMILES string of the molecule is CNC(CCC1CCCC1)Cc1ncnn1CC(C)C. The molecule has 1 saturated carbocycles. The summed E-state index contributed by atoms with van der Waals surface area (Å²) >= 11 is 0. The van der Waals surface area contributed by atoms with Crippen LogP contribution in [0.15, 0.2) is 6.33 Å². The van der Waals surface area contributed by atoms with Gasteiger partial charge in [-0.25, -0.2) is 9.67 Å². The van der Waals surface area contributed by atoms with Gasteiger partial charge < -0.3 is 5.32 Å². The van der Waals surface area contributed by atoms with Gasteiger partial charge in [-0.1, -0.05) is 39.5 Å². The molecular formula is C16H30N4. The van der Waals surface area contributed by atoms with Gasteiger partial charge in [0, 0.05) is 19.0 Å². The van der Waals surface area contributed by atoms with Crippen molar-refractivity contribution < 1.29 is 0 Å². The summed E-state index contributed by atoms with van der Waals surface area (Å²) in [6, 6.07) is 0.533. The molecule has 1 atom stereocenters. The van der Waals surface area contributed by atoms with Crippen LogP contribution >= 0.6 is 0 Å². The number of hydrogen-bond donors (Lipinski definition) is 1. The van der Waals surface area contributed by atoms with Crippen LogP contribution in [0.1, 0.15) is 58.2 Å². The number of rotatable bonds is 8. The van der Waals surface area contributed by atoms with E-state index >= 15 is 0 Å². The Hall–Kier alpha value is -0.900. The van der Waals surface area contributed by atoms with E-state index in [1.165, 1.54) is 38.5 Å². The Balaban J connectivity index is 1.84. The maximum Gasteiger partial charge on any atom is 0.138 e. The van der Waals surface area contributed by atoms with Crippen LogP contribution in [0.5, 0.6) is 0 Å². The van der Waals surface area contributed by atoms with Crippen molar-refractivity contribution in [1.29, 1.82) is 0 Å². The summed E-state index contributed by atoms with van der Waals surface area (Å²) in [4.78, 5) is 4.45. The molecule has 0 amide bonds. The summed E-state index contributed by atoms with van der Waals surface area (Å²) in [6.45, 7) is 5.41. The zero-order valence-corrected chi connectivity index (χ0v) is 13.3. The highest BCUT2D eigenvalue weighted by atomic mass is 15.3. The van der Waals surface area contributed by atoms with Gasteiger partial charge >= 0.3 is 0 Å². The van der Waals surface area contributed by atoms with Gasteiger partial charge in [-0.05, 0) is 31.7 Å². The van der Waals surface area contributed by atoms with Crippen LogP contribution in [0.25, 0.3) is 0 Å². The molecule has 1 aliphatic carbocycles. The average molecular weight is 278 g/mol. The minimum absolute atomic E-state index is 0.533.